The smallest absolute Gasteiger partial charge is 0.407 e. The minimum Gasteiger partial charge on any atom is -0.481 e. The van der Waals surface area contributed by atoms with Crippen LogP contribution in [0.4, 0.5) is 4.79 Å². The molecule has 0 aliphatic carbocycles. The highest BCUT2D eigenvalue weighted by Crippen LogP contribution is 2.37. The minimum atomic E-state index is -1.21. The van der Waals surface area contributed by atoms with Crippen molar-refractivity contribution in [3.63, 3.8) is 0 Å². The standard InChI is InChI=1S/C9H11NO5/c11-6-3-4-1-2-5(7(6)8(12)13)10(4)9(14)15/h4-5,7H,1-3H2,(H,12,13)(H,14,15)/t4-,5+,7?/m0/s1. The van der Waals surface area contributed by atoms with Crippen molar-refractivity contribution in [3.05, 3.63) is 0 Å². The van der Waals surface area contributed by atoms with Gasteiger partial charge in [-0.1, -0.05) is 0 Å². The van der Waals surface area contributed by atoms with Crippen molar-refractivity contribution in [1.29, 1.82) is 0 Å². The highest BCUT2D eigenvalue weighted by atomic mass is 16.4. The van der Waals surface area contributed by atoms with Gasteiger partial charge in [0.25, 0.3) is 0 Å². The summed E-state index contributed by atoms with van der Waals surface area (Å²) in [6.45, 7) is 0. The number of carbonyl (C=O) groups excluding carboxylic acids is 1. The molecule has 6 heteroatoms. The second kappa shape index (κ2) is 3.22. The topological polar surface area (TPSA) is 94.9 Å². The number of carbonyl (C=O) groups is 3. The van der Waals surface area contributed by atoms with Crippen LogP contribution in [-0.2, 0) is 9.59 Å². The predicted octanol–water partition coefficient (Wildman–Crippen LogP) is 0.171. The van der Waals surface area contributed by atoms with Gasteiger partial charge in [0, 0.05) is 12.5 Å². The monoisotopic (exact) mass is 213 g/mol. The average molecular weight is 213 g/mol. The maximum Gasteiger partial charge on any atom is 0.407 e. The normalized spacial score (nSPS) is 34.3. The number of nitrogens with zero attached hydrogens (tertiary/aromatic N) is 1. The Morgan fingerprint density at radius 1 is 1.27 bits per heavy atom. The van der Waals surface area contributed by atoms with Gasteiger partial charge in [0.1, 0.15) is 5.92 Å². The molecule has 0 aromatic rings. The van der Waals surface area contributed by atoms with Crippen LogP contribution in [0.2, 0.25) is 0 Å². The molecule has 82 valence electrons. The Labute approximate surface area is 85.5 Å². The van der Waals surface area contributed by atoms with E-state index in [0.717, 1.165) is 4.90 Å². The lowest BCUT2D eigenvalue weighted by Crippen LogP contribution is -2.53. The summed E-state index contributed by atoms with van der Waals surface area (Å²) in [5.41, 5.74) is 0. The van der Waals surface area contributed by atoms with E-state index in [0.29, 0.717) is 12.8 Å². The van der Waals surface area contributed by atoms with E-state index in [1.165, 1.54) is 0 Å². The maximum atomic E-state index is 11.5. The first kappa shape index (κ1) is 9.95. The van der Waals surface area contributed by atoms with Gasteiger partial charge in [0.05, 0.1) is 6.04 Å². The molecule has 0 spiro atoms. The van der Waals surface area contributed by atoms with Crippen LogP contribution in [0.25, 0.3) is 0 Å². The Morgan fingerprint density at radius 2 is 1.93 bits per heavy atom. The maximum absolute atomic E-state index is 11.5. The molecule has 2 saturated heterocycles. The number of carboxylic acids is 1. The SMILES string of the molecule is O=C(O)C1C(=O)C[C@@H]2CC[C@H]1N2C(=O)O. The lowest BCUT2D eigenvalue weighted by molar-refractivity contribution is -0.150. The largest absolute Gasteiger partial charge is 0.481 e. The third kappa shape index (κ3) is 1.36. The Bertz CT molecular complexity index is 339. The molecule has 2 N–H and O–H groups in total. The number of amides is 1. The number of fused-ring (bicyclic) bond motifs is 2. The van der Waals surface area contributed by atoms with Crippen molar-refractivity contribution in [2.75, 3.05) is 0 Å². The first-order valence-corrected chi connectivity index (χ1v) is 4.79. The summed E-state index contributed by atoms with van der Waals surface area (Å²) in [4.78, 5) is 34.4. The average Bonchev–Trinajstić information content (AvgIpc) is 2.41. The van der Waals surface area contributed by atoms with Crippen LogP contribution in [0.5, 0.6) is 0 Å². The molecule has 2 aliphatic rings. The second-order valence-electron chi connectivity index (χ2n) is 3.97. The van der Waals surface area contributed by atoms with Crippen molar-refractivity contribution in [2.24, 2.45) is 5.92 Å². The van der Waals surface area contributed by atoms with E-state index < -0.39 is 24.0 Å². The molecule has 2 heterocycles. The number of Topliss-reactive ketones (excluding diaryl/α,β-unsaturated/α-hetero) is 1. The van der Waals surface area contributed by atoms with Crippen LogP contribution >= 0.6 is 0 Å². The molecule has 6 nitrogen and oxygen atoms in total. The number of rotatable bonds is 1. The van der Waals surface area contributed by atoms with Gasteiger partial charge in [-0.05, 0) is 12.8 Å². The molecule has 2 rings (SSSR count). The van der Waals surface area contributed by atoms with Gasteiger partial charge in [-0.3, -0.25) is 9.59 Å². The fraction of sp³-hybridized carbons (Fsp3) is 0.667. The fourth-order valence-corrected chi connectivity index (χ4v) is 2.61. The van der Waals surface area contributed by atoms with Gasteiger partial charge in [-0.15, -0.1) is 0 Å². The second-order valence-corrected chi connectivity index (χ2v) is 3.97. The number of piperidine rings is 1. The third-order valence-corrected chi connectivity index (χ3v) is 3.20. The molecule has 3 atom stereocenters. The van der Waals surface area contributed by atoms with Crippen LogP contribution in [0.3, 0.4) is 0 Å². The van der Waals surface area contributed by atoms with E-state index in [1.807, 2.05) is 0 Å². The number of ketones is 1. The van der Waals surface area contributed by atoms with E-state index in [2.05, 4.69) is 0 Å². The molecule has 0 aromatic heterocycles. The molecule has 0 saturated carbocycles. The van der Waals surface area contributed by atoms with E-state index in [9.17, 15) is 14.4 Å². The number of hydrogen-bond donors (Lipinski definition) is 2. The Balaban J connectivity index is 2.31. The van der Waals surface area contributed by atoms with Crippen molar-refractivity contribution in [1.82, 2.24) is 4.90 Å². The lowest BCUT2D eigenvalue weighted by atomic mass is 9.89. The molecule has 2 bridgehead atoms. The molecule has 2 aliphatic heterocycles. The van der Waals surface area contributed by atoms with Crippen molar-refractivity contribution < 1.29 is 24.6 Å². The van der Waals surface area contributed by atoms with Crippen LogP contribution in [-0.4, -0.2) is 45.0 Å². The first-order valence-electron chi connectivity index (χ1n) is 4.79. The van der Waals surface area contributed by atoms with Crippen LogP contribution < -0.4 is 0 Å². The number of carboxylic acid groups (broad SMARTS) is 2. The molecular formula is C9H11NO5. The van der Waals surface area contributed by atoms with Gasteiger partial charge in [0.2, 0.25) is 0 Å². The first-order chi connectivity index (χ1) is 7.02. The van der Waals surface area contributed by atoms with E-state index in [1.54, 1.807) is 0 Å². The van der Waals surface area contributed by atoms with Crippen molar-refractivity contribution in [3.8, 4) is 0 Å². The van der Waals surface area contributed by atoms with E-state index in [-0.39, 0.29) is 18.2 Å². The Hall–Kier alpha value is -1.59. The quantitative estimate of drug-likeness (QED) is 0.605. The zero-order chi connectivity index (χ0) is 11.2. The van der Waals surface area contributed by atoms with Gasteiger partial charge in [0.15, 0.2) is 5.78 Å². The van der Waals surface area contributed by atoms with Crippen LogP contribution in [0.15, 0.2) is 0 Å². The summed E-state index contributed by atoms with van der Waals surface area (Å²) >= 11 is 0. The molecule has 15 heavy (non-hydrogen) atoms. The minimum absolute atomic E-state index is 0.0414. The van der Waals surface area contributed by atoms with Gasteiger partial charge in [-0.25, -0.2) is 4.79 Å². The fourth-order valence-electron chi connectivity index (χ4n) is 2.61. The van der Waals surface area contributed by atoms with Gasteiger partial charge >= 0.3 is 12.1 Å². The summed E-state index contributed by atoms with van der Waals surface area (Å²) in [5.74, 6) is -2.72. The summed E-state index contributed by atoms with van der Waals surface area (Å²) in [6.07, 6.45) is -0.0207. The molecular weight excluding hydrogens is 202 g/mol. The van der Waals surface area contributed by atoms with Crippen molar-refractivity contribution >= 4 is 17.8 Å². The van der Waals surface area contributed by atoms with Crippen molar-refractivity contribution in [2.45, 2.75) is 31.3 Å². The Morgan fingerprint density at radius 3 is 2.47 bits per heavy atom. The highest BCUT2D eigenvalue weighted by molar-refractivity contribution is 6.01. The van der Waals surface area contributed by atoms with E-state index in [4.69, 9.17) is 10.2 Å². The zero-order valence-electron chi connectivity index (χ0n) is 7.92. The summed E-state index contributed by atoms with van der Waals surface area (Å²) in [6, 6.07) is -0.971. The summed E-state index contributed by atoms with van der Waals surface area (Å²) in [7, 11) is 0. The molecule has 1 unspecified atom stereocenters. The van der Waals surface area contributed by atoms with Crippen LogP contribution in [0, 0.1) is 5.92 Å². The van der Waals surface area contributed by atoms with Gasteiger partial charge < -0.3 is 15.1 Å². The van der Waals surface area contributed by atoms with Crippen LogP contribution in [0.1, 0.15) is 19.3 Å². The molecule has 0 radical (unpaired) electrons. The summed E-state index contributed by atoms with van der Waals surface area (Å²) < 4.78 is 0. The van der Waals surface area contributed by atoms with E-state index >= 15 is 0 Å². The number of aliphatic carboxylic acids is 1. The third-order valence-electron chi connectivity index (χ3n) is 3.20. The molecule has 1 amide bonds. The lowest BCUT2D eigenvalue weighted by Gasteiger charge is -2.35. The summed E-state index contributed by atoms with van der Waals surface area (Å²) in [5, 5.41) is 17.8. The molecule has 0 aromatic carbocycles. The zero-order valence-corrected chi connectivity index (χ0v) is 7.92. The number of hydrogen-bond acceptors (Lipinski definition) is 3. The van der Waals surface area contributed by atoms with Gasteiger partial charge in [-0.2, -0.15) is 0 Å². The Kier molecular flexibility index (Phi) is 2.13. The predicted molar refractivity (Wildman–Crippen MR) is 47.4 cm³/mol. The molecule has 2 fully saturated rings. The highest BCUT2D eigenvalue weighted by Gasteiger charge is 2.51.